The van der Waals surface area contributed by atoms with Gasteiger partial charge in [0.1, 0.15) is 11.4 Å². The van der Waals surface area contributed by atoms with Crippen LogP contribution in [0.4, 0.5) is 8.78 Å². The molecule has 1 aromatic rings. The van der Waals surface area contributed by atoms with E-state index >= 15 is 0 Å². The first-order chi connectivity index (χ1) is 7.56. The number of alkyl halides is 2. The molecule has 0 aliphatic heterocycles. The predicted octanol–water partition coefficient (Wildman–Crippen LogP) is 0.835. The van der Waals surface area contributed by atoms with Gasteiger partial charge in [-0.15, -0.1) is 5.10 Å². The summed E-state index contributed by atoms with van der Waals surface area (Å²) in [5.41, 5.74) is 5.21. The summed E-state index contributed by atoms with van der Waals surface area (Å²) in [5.74, 6) is 0. The fraction of sp³-hybridized carbons (Fsp3) is 0.778. The number of hydrogen-bond acceptors (Lipinski definition) is 4. The molecule has 3 N–H and O–H groups in total. The number of aryl methyl sites for hydroxylation is 1. The first-order valence-corrected chi connectivity index (χ1v) is 5.14. The quantitative estimate of drug-likeness (QED) is 0.764. The Morgan fingerprint density at radius 1 is 1.50 bits per heavy atom. The molecule has 0 aliphatic carbocycles. The Labute approximate surface area is 92.2 Å². The molecule has 1 heterocycles. The molecule has 0 amide bonds. The lowest BCUT2D eigenvalue weighted by molar-refractivity contribution is 0.136. The molecule has 0 radical (unpaired) electrons. The average Bonchev–Trinajstić information content (AvgIpc) is 2.60. The fourth-order valence-corrected chi connectivity index (χ4v) is 1.44. The summed E-state index contributed by atoms with van der Waals surface area (Å²) >= 11 is 0. The fourth-order valence-electron chi connectivity index (χ4n) is 1.44. The molecule has 0 spiro atoms. The van der Waals surface area contributed by atoms with Gasteiger partial charge >= 0.3 is 0 Å². The lowest BCUT2D eigenvalue weighted by Crippen LogP contribution is -2.10. The van der Waals surface area contributed by atoms with Crippen LogP contribution in [0.5, 0.6) is 0 Å². The van der Waals surface area contributed by atoms with E-state index in [1.807, 2.05) is 0 Å². The zero-order valence-electron chi connectivity index (χ0n) is 9.11. The van der Waals surface area contributed by atoms with Crippen molar-refractivity contribution in [2.45, 2.75) is 45.4 Å². The molecule has 1 atom stereocenters. The molecule has 0 aromatic carbocycles. The maximum absolute atomic E-state index is 12.7. The van der Waals surface area contributed by atoms with Crippen LogP contribution in [0.25, 0.3) is 0 Å². The Morgan fingerprint density at radius 2 is 2.19 bits per heavy atom. The molecular weight excluding hydrogens is 218 g/mol. The molecule has 92 valence electrons. The second kappa shape index (κ2) is 5.86. The molecule has 7 heteroatoms. The molecular formula is C9H16F2N4O. The van der Waals surface area contributed by atoms with Crippen LogP contribution < -0.4 is 5.73 Å². The van der Waals surface area contributed by atoms with E-state index in [-0.39, 0.29) is 17.9 Å². The summed E-state index contributed by atoms with van der Waals surface area (Å²) in [6.07, 6.45) is -1.95. The molecule has 0 bridgehead atoms. The van der Waals surface area contributed by atoms with Gasteiger partial charge in [-0.3, -0.25) is 0 Å². The highest BCUT2D eigenvalue weighted by Crippen LogP contribution is 2.21. The molecule has 0 aliphatic rings. The maximum Gasteiger partial charge on any atom is 0.281 e. The zero-order chi connectivity index (χ0) is 12.1. The van der Waals surface area contributed by atoms with Crippen LogP contribution in [-0.4, -0.2) is 26.2 Å². The highest BCUT2D eigenvalue weighted by Gasteiger charge is 2.20. The number of halogens is 2. The van der Waals surface area contributed by atoms with Crippen LogP contribution in [0.1, 0.15) is 37.6 Å². The number of aliphatic hydroxyl groups is 1. The molecule has 1 unspecified atom stereocenters. The zero-order valence-corrected chi connectivity index (χ0v) is 9.11. The van der Waals surface area contributed by atoms with Crippen LogP contribution in [0, 0.1) is 0 Å². The number of rotatable bonds is 6. The van der Waals surface area contributed by atoms with Crippen molar-refractivity contribution in [2.75, 3.05) is 0 Å². The summed E-state index contributed by atoms with van der Waals surface area (Å²) in [6, 6.07) is 0. The SMILES string of the molecule is CC(O)CCCn1nnc(CN)c1C(F)F. The van der Waals surface area contributed by atoms with Crippen molar-refractivity contribution in [3.63, 3.8) is 0 Å². The Kier molecular flexibility index (Phi) is 4.75. The van der Waals surface area contributed by atoms with Crippen molar-refractivity contribution in [3.8, 4) is 0 Å². The van der Waals surface area contributed by atoms with Crippen molar-refractivity contribution < 1.29 is 13.9 Å². The van der Waals surface area contributed by atoms with Crippen LogP contribution in [-0.2, 0) is 13.1 Å². The molecule has 16 heavy (non-hydrogen) atoms. The molecule has 0 saturated heterocycles. The first kappa shape index (κ1) is 13.0. The van der Waals surface area contributed by atoms with Gasteiger partial charge in [-0.1, -0.05) is 5.21 Å². The molecule has 5 nitrogen and oxygen atoms in total. The third-order valence-corrected chi connectivity index (χ3v) is 2.24. The van der Waals surface area contributed by atoms with Gasteiger partial charge in [-0.05, 0) is 19.8 Å². The highest BCUT2D eigenvalue weighted by molar-refractivity contribution is 5.11. The minimum Gasteiger partial charge on any atom is -0.393 e. The average molecular weight is 234 g/mol. The topological polar surface area (TPSA) is 77.0 Å². The van der Waals surface area contributed by atoms with Crippen LogP contribution >= 0.6 is 0 Å². The van der Waals surface area contributed by atoms with Gasteiger partial charge in [-0.2, -0.15) is 0 Å². The summed E-state index contributed by atoms with van der Waals surface area (Å²) < 4.78 is 26.5. The normalized spacial score (nSPS) is 13.4. The van der Waals surface area contributed by atoms with Gasteiger partial charge in [0.05, 0.1) is 6.10 Å². The minimum atomic E-state index is -2.62. The van der Waals surface area contributed by atoms with E-state index in [4.69, 9.17) is 10.8 Å². The molecule has 1 aromatic heterocycles. The smallest absolute Gasteiger partial charge is 0.281 e. The Morgan fingerprint density at radius 3 is 2.69 bits per heavy atom. The Hall–Kier alpha value is -1.08. The van der Waals surface area contributed by atoms with Gasteiger partial charge in [-0.25, -0.2) is 13.5 Å². The van der Waals surface area contributed by atoms with E-state index in [2.05, 4.69) is 10.3 Å². The second-order valence-corrected chi connectivity index (χ2v) is 3.64. The van der Waals surface area contributed by atoms with E-state index in [9.17, 15) is 8.78 Å². The van der Waals surface area contributed by atoms with Crippen molar-refractivity contribution in [3.05, 3.63) is 11.4 Å². The van der Waals surface area contributed by atoms with Crippen molar-refractivity contribution >= 4 is 0 Å². The number of hydrogen-bond donors (Lipinski definition) is 2. The number of nitrogens with zero attached hydrogens (tertiary/aromatic N) is 3. The minimum absolute atomic E-state index is 0.0456. The van der Waals surface area contributed by atoms with Gasteiger partial charge in [0, 0.05) is 13.1 Å². The van der Waals surface area contributed by atoms with E-state index in [0.29, 0.717) is 19.4 Å². The third-order valence-electron chi connectivity index (χ3n) is 2.24. The van der Waals surface area contributed by atoms with Gasteiger partial charge < -0.3 is 10.8 Å². The number of aliphatic hydroxyl groups excluding tert-OH is 1. The predicted molar refractivity (Wildman–Crippen MR) is 53.8 cm³/mol. The second-order valence-electron chi connectivity index (χ2n) is 3.64. The van der Waals surface area contributed by atoms with Gasteiger partial charge in [0.2, 0.25) is 0 Å². The lowest BCUT2D eigenvalue weighted by Gasteiger charge is -2.07. The largest absolute Gasteiger partial charge is 0.393 e. The van der Waals surface area contributed by atoms with Crippen molar-refractivity contribution in [2.24, 2.45) is 5.73 Å². The van der Waals surface area contributed by atoms with Crippen molar-refractivity contribution in [1.29, 1.82) is 0 Å². The van der Waals surface area contributed by atoms with E-state index in [1.165, 1.54) is 0 Å². The molecule has 0 saturated carbocycles. The summed E-state index contributed by atoms with van der Waals surface area (Å²) in [4.78, 5) is 0. The van der Waals surface area contributed by atoms with Crippen LogP contribution in [0.3, 0.4) is 0 Å². The van der Waals surface area contributed by atoms with E-state index < -0.39 is 12.5 Å². The van der Waals surface area contributed by atoms with Gasteiger partial charge in [0.15, 0.2) is 0 Å². The highest BCUT2D eigenvalue weighted by atomic mass is 19.3. The van der Waals surface area contributed by atoms with Gasteiger partial charge in [0.25, 0.3) is 6.43 Å². The Balaban J connectivity index is 2.68. The maximum atomic E-state index is 12.7. The summed E-state index contributed by atoms with van der Waals surface area (Å²) in [5, 5.41) is 16.3. The van der Waals surface area contributed by atoms with E-state index in [1.54, 1.807) is 6.92 Å². The van der Waals surface area contributed by atoms with Crippen LogP contribution in [0.15, 0.2) is 0 Å². The first-order valence-electron chi connectivity index (χ1n) is 5.14. The molecule has 0 fully saturated rings. The van der Waals surface area contributed by atoms with Crippen LogP contribution in [0.2, 0.25) is 0 Å². The number of nitrogens with two attached hydrogens (primary N) is 1. The third kappa shape index (κ3) is 3.21. The summed E-state index contributed by atoms with van der Waals surface area (Å²) in [6.45, 7) is 1.92. The summed E-state index contributed by atoms with van der Waals surface area (Å²) in [7, 11) is 0. The standard InChI is InChI=1S/C9H16F2N4O/c1-6(16)3-2-4-15-8(9(10)11)7(5-12)13-14-15/h6,9,16H,2-5,12H2,1H3. The van der Waals surface area contributed by atoms with Crippen molar-refractivity contribution in [1.82, 2.24) is 15.0 Å². The monoisotopic (exact) mass is 234 g/mol. The van der Waals surface area contributed by atoms with E-state index in [0.717, 1.165) is 4.68 Å². The number of aromatic nitrogens is 3. The lowest BCUT2D eigenvalue weighted by atomic mass is 10.2. The Bertz CT molecular complexity index is 327. The molecule has 1 rings (SSSR count).